The van der Waals surface area contributed by atoms with Crippen molar-refractivity contribution in [2.45, 2.75) is 26.2 Å². The fraction of sp³-hybridized carbons (Fsp3) is 0.364. The lowest BCUT2D eigenvalue weighted by molar-refractivity contribution is -0.128. The summed E-state index contributed by atoms with van der Waals surface area (Å²) in [5.41, 5.74) is 17.4. The van der Waals surface area contributed by atoms with Crippen LogP contribution in [0.25, 0.3) is 0 Å². The number of pyridine rings is 1. The molecular formula is C22H31N5O5. The largest absolute Gasteiger partial charge is 0.495 e. The lowest BCUT2D eigenvalue weighted by Gasteiger charge is -2.13. The third-order valence-electron chi connectivity index (χ3n) is 4.21. The molecule has 1 fully saturated rings. The highest BCUT2D eigenvalue weighted by molar-refractivity contribution is 5.89. The van der Waals surface area contributed by atoms with Gasteiger partial charge in [0.2, 0.25) is 11.8 Å². The van der Waals surface area contributed by atoms with Gasteiger partial charge in [-0.1, -0.05) is 12.1 Å². The van der Waals surface area contributed by atoms with Crippen LogP contribution in [0.5, 0.6) is 5.75 Å². The fourth-order valence-corrected chi connectivity index (χ4v) is 2.64. The molecule has 32 heavy (non-hydrogen) atoms. The number of para-hydroxylation sites is 2. The minimum absolute atomic E-state index is 0.145. The van der Waals surface area contributed by atoms with Gasteiger partial charge in [-0.3, -0.25) is 14.6 Å². The predicted octanol–water partition coefficient (Wildman–Crippen LogP) is 1.60. The average Bonchev–Trinajstić information content (AvgIpc) is 3.18. The van der Waals surface area contributed by atoms with Gasteiger partial charge in [0.15, 0.2) is 0 Å². The summed E-state index contributed by atoms with van der Waals surface area (Å²) >= 11 is 0. The van der Waals surface area contributed by atoms with Gasteiger partial charge in [-0.25, -0.2) is 4.79 Å². The van der Waals surface area contributed by atoms with Gasteiger partial charge in [0.25, 0.3) is 0 Å². The van der Waals surface area contributed by atoms with Crippen LogP contribution in [-0.4, -0.2) is 54.5 Å². The second-order valence-electron chi connectivity index (χ2n) is 6.67. The molecule has 0 atom stereocenters. The first-order valence-electron chi connectivity index (χ1n) is 10.1. The van der Waals surface area contributed by atoms with Crippen molar-refractivity contribution in [2.75, 3.05) is 38.3 Å². The molecule has 1 saturated heterocycles. The number of likely N-dealkylation sites (tertiary alicyclic amines) is 1. The Kier molecular flexibility index (Phi) is 11.7. The molecule has 174 valence electrons. The van der Waals surface area contributed by atoms with Crippen molar-refractivity contribution >= 4 is 29.2 Å². The molecule has 2 heterocycles. The zero-order valence-corrected chi connectivity index (χ0v) is 18.5. The number of benzene rings is 1. The SMILES string of the molecule is CCOC(=O)c1cncc(N)c1.COc1ccccc1N.NC(=O)CCN1CCCC1=O. The number of anilines is 2. The third-order valence-corrected chi connectivity index (χ3v) is 4.21. The van der Waals surface area contributed by atoms with Crippen molar-refractivity contribution in [1.82, 2.24) is 9.88 Å². The van der Waals surface area contributed by atoms with Crippen molar-refractivity contribution in [1.29, 1.82) is 0 Å². The van der Waals surface area contributed by atoms with Gasteiger partial charge in [0, 0.05) is 38.3 Å². The summed E-state index contributed by atoms with van der Waals surface area (Å²) in [5, 5.41) is 0. The lowest BCUT2D eigenvalue weighted by Crippen LogP contribution is -2.28. The lowest BCUT2D eigenvalue weighted by atomic mass is 10.3. The van der Waals surface area contributed by atoms with Crippen molar-refractivity contribution in [3.05, 3.63) is 48.3 Å². The molecular weight excluding hydrogens is 414 g/mol. The van der Waals surface area contributed by atoms with E-state index in [9.17, 15) is 14.4 Å². The number of hydrogen-bond donors (Lipinski definition) is 3. The Balaban J connectivity index is 0.000000242. The van der Waals surface area contributed by atoms with Crippen LogP contribution in [0.2, 0.25) is 0 Å². The molecule has 10 nitrogen and oxygen atoms in total. The maximum Gasteiger partial charge on any atom is 0.339 e. The summed E-state index contributed by atoms with van der Waals surface area (Å²) in [6.45, 7) is 3.38. The van der Waals surface area contributed by atoms with Crippen LogP contribution < -0.4 is 21.9 Å². The molecule has 0 saturated carbocycles. The number of rotatable bonds is 6. The molecule has 0 bridgehead atoms. The molecule has 1 aliphatic rings. The number of carbonyl (C=O) groups excluding carboxylic acids is 3. The van der Waals surface area contributed by atoms with Gasteiger partial charge in [0.05, 0.1) is 30.7 Å². The molecule has 0 spiro atoms. The monoisotopic (exact) mass is 445 g/mol. The number of ether oxygens (including phenoxy) is 2. The normalized spacial score (nSPS) is 12.1. The highest BCUT2D eigenvalue weighted by Gasteiger charge is 2.19. The van der Waals surface area contributed by atoms with E-state index in [1.165, 1.54) is 18.5 Å². The van der Waals surface area contributed by atoms with E-state index < -0.39 is 5.97 Å². The van der Waals surface area contributed by atoms with Crippen LogP contribution in [0.1, 0.15) is 36.5 Å². The molecule has 10 heteroatoms. The van der Waals surface area contributed by atoms with Crippen molar-refractivity contribution in [3.8, 4) is 5.75 Å². The summed E-state index contributed by atoms with van der Waals surface area (Å²) in [6.07, 6.45) is 4.72. The van der Waals surface area contributed by atoms with Crippen molar-refractivity contribution in [3.63, 3.8) is 0 Å². The molecule has 0 aliphatic carbocycles. The van der Waals surface area contributed by atoms with Crippen molar-refractivity contribution in [2.24, 2.45) is 5.73 Å². The minimum Gasteiger partial charge on any atom is -0.495 e. The quantitative estimate of drug-likeness (QED) is 0.446. The Labute approximate surface area is 187 Å². The fourth-order valence-electron chi connectivity index (χ4n) is 2.64. The van der Waals surface area contributed by atoms with E-state index in [1.54, 1.807) is 25.0 Å². The zero-order chi connectivity index (χ0) is 23.9. The molecule has 1 aromatic carbocycles. The summed E-state index contributed by atoms with van der Waals surface area (Å²) in [5.74, 6) is 0.144. The number of nitrogens with zero attached hydrogens (tertiary/aromatic N) is 2. The summed E-state index contributed by atoms with van der Waals surface area (Å²) < 4.78 is 9.67. The number of methoxy groups -OCH3 is 1. The van der Waals surface area contributed by atoms with E-state index >= 15 is 0 Å². The van der Waals surface area contributed by atoms with Crippen LogP contribution in [0.15, 0.2) is 42.7 Å². The minimum atomic E-state index is -0.391. The molecule has 2 aromatic rings. The van der Waals surface area contributed by atoms with E-state index in [0.717, 1.165) is 18.7 Å². The Bertz CT molecular complexity index is 891. The predicted molar refractivity (Wildman–Crippen MR) is 122 cm³/mol. The first-order valence-corrected chi connectivity index (χ1v) is 10.1. The van der Waals surface area contributed by atoms with Crippen LogP contribution in [-0.2, 0) is 14.3 Å². The van der Waals surface area contributed by atoms with Gasteiger partial charge in [-0.05, 0) is 31.5 Å². The van der Waals surface area contributed by atoms with Gasteiger partial charge in [-0.2, -0.15) is 0 Å². The second-order valence-corrected chi connectivity index (χ2v) is 6.67. The second kappa shape index (κ2) is 14.2. The maximum absolute atomic E-state index is 11.1. The highest BCUT2D eigenvalue weighted by atomic mass is 16.5. The number of nitrogens with two attached hydrogens (primary N) is 3. The maximum atomic E-state index is 11.1. The number of hydrogen-bond acceptors (Lipinski definition) is 8. The number of aromatic nitrogens is 1. The average molecular weight is 446 g/mol. The van der Waals surface area contributed by atoms with Crippen LogP contribution in [0, 0.1) is 0 Å². The van der Waals surface area contributed by atoms with E-state index in [0.29, 0.717) is 36.5 Å². The van der Waals surface area contributed by atoms with E-state index in [-0.39, 0.29) is 18.2 Å². The Hall–Kier alpha value is -3.82. The Morgan fingerprint density at radius 1 is 1.19 bits per heavy atom. The Morgan fingerprint density at radius 3 is 2.41 bits per heavy atom. The molecule has 0 radical (unpaired) electrons. The molecule has 3 rings (SSSR count). The van der Waals surface area contributed by atoms with Crippen LogP contribution >= 0.6 is 0 Å². The summed E-state index contributed by atoms with van der Waals surface area (Å²) in [7, 11) is 1.60. The number of amides is 2. The molecule has 1 aliphatic heterocycles. The first kappa shape index (κ1) is 26.2. The summed E-state index contributed by atoms with van der Waals surface area (Å²) in [6, 6.07) is 8.92. The molecule has 2 amide bonds. The van der Waals surface area contributed by atoms with Gasteiger partial charge in [0.1, 0.15) is 5.75 Å². The van der Waals surface area contributed by atoms with Gasteiger partial charge in [-0.15, -0.1) is 0 Å². The summed E-state index contributed by atoms with van der Waals surface area (Å²) in [4.78, 5) is 37.8. The highest BCUT2D eigenvalue weighted by Crippen LogP contribution is 2.18. The smallest absolute Gasteiger partial charge is 0.339 e. The zero-order valence-electron chi connectivity index (χ0n) is 18.5. The first-order chi connectivity index (χ1) is 15.3. The van der Waals surface area contributed by atoms with E-state index in [2.05, 4.69) is 4.98 Å². The van der Waals surface area contributed by atoms with Crippen molar-refractivity contribution < 1.29 is 23.9 Å². The van der Waals surface area contributed by atoms with Gasteiger partial charge >= 0.3 is 5.97 Å². The molecule has 1 aromatic heterocycles. The van der Waals surface area contributed by atoms with E-state index in [1.807, 2.05) is 18.2 Å². The number of esters is 1. The number of primary amides is 1. The standard InChI is InChI=1S/C8H10N2O2.C7H12N2O2.C7H9NO/c1-2-12-8(11)6-3-7(9)5-10-4-6;8-6(10)3-5-9-4-1-2-7(9)11;1-9-7-5-3-2-4-6(7)8/h3-5H,2,9H2,1H3;1-5H2,(H2,8,10);2-5H,8H2,1H3. The van der Waals surface area contributed by atoms with Gasteiger partial charge < -0.3 is 31.6 Å². The Morgan fingerprint density at radius 2 is 1.91 bits per heavy atom. The van der Waals surface area contributed by atoms with Crippen LogP contribution in [0.3, 0.4) is 0 Å². The number of nitrogen functional groups attached to an aromatic ring is 2. The molecule has 0 unspecified atom stereocenters. The topological polar surface area (TPSA) is 164 Å². The number of carbonyl (C=O) groups is 3. The third kappa shape index (κ3) is 9.79. The van der Waals surface area contributed by atoms with Crippen LogP contribution in [0.4, 0.5) is 11.4 Å². The van der Waals surface area contributed by atoms with E-state index in [4.69, 9.17) is 26.7 Å². The molecule has 6 N–H and O–H groups in total.